The molecule has 0 unspecified atom stereocenters. The summed E-state index contributed by atoms with van der Waals surface area (Å²) >= 11 is 6.09. The van der Waals surface area contributed by atoms with E-state index >= 15 is 0 Å². The van der Waals surface area contributed by atoms with Crippen LogP contribution in [0.2, 0.25) is 5.02 Å². The lowest BCUT2D eigenvalue weighted by Gasteiger charge is -2.06. The average Bonchev–Trinajstić information content (AvgIpc) is 2.59. The fourth-order valence-corrected chi connectivity index (χ4v) is 2.39. The van der Waals surface area contributed by atoms with E-state index in [-0.39, 0.29) is 0 Å². The lowest BCUT2D eigenvalue weighted by Crippen LogP contribution is -1.97. The van der Waals surface area contributed by atoms with Crippen LogP contribution in [-0.4, -0.2) is 12.8 Å². The summed E-state index contributed by atoms with van der Waals surface area (Å²) in [5.74, 6) is 0.905. The Bertz CT molecular complexity index is 653. The second-order valence-corrected chi connectivity index (χ2v) is 6.22. The van der Waals surface area contributed by atoms with E-state index in [1.54, 1.807) is 6.21 Å². The van der Waals surface area contributed by atoms with Gasteiger partial charge in [0.05, 0.1) is 18.5 Å². The van der Waals surface area contributed by atoms with Crippen LogP contribution in [0.1, 0.15) is 43.7 Å². The van der Waals surface area contributed by atoms with E-state index in [0.29, 0.717) is 0 Å². The smallest absolute Gasteiger partial charge is 0.119 e. The van der Waals surface area contributed by atoms with Crippen LogP contribution in [0, 0.1) is 6.92 Å². The Morgan fingerprint density at radius 3 is 2.58 bits per heavy atom. The van der Waals surface area contributed by atoms with Crippen LogP contribution in [-0.2, 0) is 0 Å². The number of benzene rings is 2. The summed E-state index contributed by atoms with van der Waals surface area (Å²) in [7, 11) is 0. The molecule has 1 N–H and O–H groups in total. The van der Waals surface area contributed by atoms with Crippen LogP contribution in [0.15, 0.2) is 47.6 Å². The van der Waals surface area contributed by atoms with Crippen molar-refractivity contribution in [1.29, 1.82) is 0 Å². The highest BCUT2D eigenvalue weighted by molar-refractivity contribution is 6.31. The van der Waals surface area contributed by atoms with Crippen molar-refractivity contribution in [2.24, 2.45) is 5.10 Å². The molecule has 128 valence electrons. The Morgan fingerprint density at radius 1 is 1.08 bits per heavy atom. The molecular formula is C20H25ClN2O. The molecular weight excluding hydrogens is 320 g/mol. The first-order valence-electron chi connectivity index (χ1n) is 8.47. The highest BCUT2D eigenvalue weighted by Gasteiger charge is 1.97. The maximum atomic E-state index is 6.09. The molecule has 2 aromatic rings. The number of rotatable bonds is 9. The maximum absolute atomic E-state index is 6.09. The van der Waals surface area contributed by atoms with Crippen molar-refractivity contribution < 1.29 is 4.74 Å². The molecule has 0 atom stereocenters. The van der Waals surface area contributed by atoms with E-state index in [1.807, 2.05) is 49.4 Å². The fraction of sp³-hybridized carbons (Fsp3) is 0.350. The van der Waals surface area contributed by atoms with Crippen molar-refractivity contribution >= 4 is 23.5 Å². The quantitative estimate of drug-likeness (QED) is 0.341. The van der Waals surface area contributed by atoms with Gasteiger partial charge in [0.1, 0.15) is 5.75 Å². The van der Waals surface area contributed by atoms with Gasteiger partial charge >= 0.3 is 0 Å². The van der Waals surface area contributed by atoms with Gasteiger partial charge in [-0.05, 0) is 60.9 Å². The predicted octanol–water partition coefficient (Wildman–Crippen LogP) is 6.05. The van der Waals surface area contributed by atoms with Gasteiger partial charge in [0, 0.05) is 5.02 Å². The molecule has 0 spiro atoms. The topological polar surface area (TPSA) is 33.6 Å². The third-order valence-corrected chi connectivity index (χ3v) is 4.13. The van der Waals surface area contributed by atoms with Gasteiger partial charge in [-0.2, -0.15) is 5.10 Å². The highest BCUT2D eigenvalue weighted by Crippen LogP contribution is 2.20. The monoisotopic (exact) mass is 344 g/mol. The Balaban J connectivity index is 1.79. The Kier molecular flexibility index (Phi) is 7.63. The summed E-state index contributed by atoms with van der Waals surface area (Å²) in [6.07, 6.45) is 6.64. The van der Waals surface area contributed by atoms with Crippen molar-refractivity contribution in [3.05, 3.63) is 58.6 Å². The summed E-state index contributed by atoms with van der Waals surface area (Å²) in [6.45, 7) is 4.97. The molecule has 0 radical (unpaired) electrons. The van der Waals surface area contributed by atoms with E-state index in [1.165, 1.54) is 19.3 Å². The Morgan fingerprint density at radius 2 is 1.88 bits per heavy atom. The lowest BCUT2D eigenvalue weighted by molar-refractivity contribution is 0.305. The molecule has 0 bridgehead atoms. The molecule has 0 aliphatic heterocycles. The Hall–Kier alpha value is -2.00. The molecule has 2 aromatic carbocycles. The number of aryl methyl sites for hydroxylation is 1. The molecule has 0 fully saturated rings. The van der Waals surface area contributed by atoms with Crippen LogP contribution in [0.5, 0.6) is 5.75 Å². The van der Waals surface area contributed by atoms with Gasteiger partial charge in [-0.15, -0.1) is 0 Å². The second-order valence-electron chi connectivity index (χ2n) is 5.81. The summed E-state index contributed by atoms with van der Waals surface area (Å²) in [5, 5.41) is 4.97. The SMILES string of the molecule is CCCCCCOc1ccc(/C=N\Nc2ccc(C)c(Cl)c2)cc1. The van der Waals surface area contributed by atoms with E-state index in [2.05, 4.69) is 17.5 Å². The minimum atomic E-state index is 0.732. The van der Waals surface area contributed by atoms with Crippen LogP contribution >= 0.6 is 11.6 Å². The summed E-state index contributed by atoms with van der Waals surface area (Å²) in [4.78, 5) is 0. The molecule has 4 heteroatoms. The molecule has 0 aliphatic carbocycles. The standard InChI is InChI=1S/C20H25ClN2O/c1-3-4-5-6-13-24-19-11-8-17(9-12-19)15-22-23-18-10-7-16(2)20(21)14-18/h7-12,14-15,23H,3-6,13H2,1-2H3/b22-15-. The fourth-order valence-electron chi connectivity index (χ4n) is 2.21. The van der Waals surface area contributed by atoms with Crippen LogP contribution in [0.25, 0.3) is 0 Å². The summed E-state index contributed by atoms with van der Waals surface area (Å²) in [6, 6.07) is 13.7. The van der Waals surface area contributed by atoms with Gasteiger partial charge < -0.3 is 4.74 Å². The zero-order valence-corrected chi connectivity index (χ0v) is 15.1. The van der Waals surface area contributed by atoms with Crippen molar-refractivity contribution in [2.45, 2.75) is 39.5 Å². The first-order chi connectivity index (χ1) is 11.7. The van der Waals surface area contributed by atoms with E-state index < -0.39 is 0 Å². The number of hydrogen-bond acceptors (Lipinski definition) is 3. The van der Waals surface area contributed by atoms with Gasteiger partial charge in [-0.25, -0.2) is 0 Å². The van der Waals surface area contributed by atoms with Gasteiger partial charge in [0.15, 0.2) is 0 Å². The van der Waals surface area contributed by atoms with Crippen LogP contribution in [0.4, 0.5) is 5.69 Å². The van der Waals surface area contributed by atoms with Gasteiger partial charge in [0.2, 0.25) is 0 Å². The summed E-state index contributed by atoms with van der Waals surface area (Å²) in [5.41, 5.74) is 5.92. The average molecular weight is 345 g/mol. The second kappa shape index (κ2) is 9.99. The lowest BCUT2D eigenvalue weighted by atomic mass is 10.2. The number of nitrogens with zero attached hydrogens (tertiary/aromatic N) is 1. The third kappa shape index (κ3) is 6.25. The van der Waals surface area contributed by atoms with E-state index in [9.17, 15) is 0 Å². The first-order valence-corrected chi connectivity index (χ1v) is 8.85. The molecule has 0 amide bonds. The molecule has 0 aromatic heterocycles. The Labute approximate surface area is 149 Å². The number of ether oxygens (including phenoxy) is 1. The maximum Gasteiger partial charge on any atom is 0.119 e. The molecule has 0 heterocycles. The third-order valence-electron chi connectivity index (χ3n) is 3.73. The van der Waals surface area contributed by atoms with E-state index in [0.717, 1.165) is 40.6 Å². The zero-order chi connectivity index (χ0) is 17.2. The minimum Gasteiger partial charge on any atom is -0.494 e. The number of unbranched alkanes of at least 4 members (excludes halogenated alkanes) is 3. The zero-order valence-electron chi connectivity index (χ0n) is 14.4. The van der Waals surface area contributed by atoms with Crippen LogP contribution < -0.4 is 10.2 Å². The van der Waals surface area contributed by atoms with Crippen molar-refractivity contribution in [3.8, 4) is 5.75 Å². The first kappa shape index (κ1) is 18.3. The predicted molar refractivity (Wildman–Crippen MR) is 103 cm³/mol. The number of hydrazone groups is 1. The summed E-state index contributed by atoms with van der Waals surface area (Å²) < 4.78 is 5.73. The van der Waals surface area contributed by atoms with Crippen molar-refractivity contribution in [3.63, 3.8) is 0 Å². The van der Waals surface area contributed by atoms with Crippen molar-refractivity contribution in [1.82, 2.24) is 0 Å². The number of halogens is 1. The van der Waals surface area contributed by atoms with E-state index in [4.69, 9.17) is 16.3 Å². The largest absolute Gasteiger partial charge is 0.494 e. The number of hydrogen-bond donors (Lipinski definition) is 1. The van der Waals surface area contributed by atoms with Crippen molar-refractivity contribution in [2.75, 3.05) is 12.0 Å². The molecule has 0 saturated carbocycles. The molecule has 0 aliphatic rings. The minimum absolute atomic E-state index is 0.732. The highest BCUT2D eigenvalue weighted by atomic mass is 35.5. The van der Waals surface area contributed by atoms with Crippen LogP contribution in [0.3, 0.4) is 0 Å². The number of anilines is 1. The molecule has 2 rings (SSSR count). The number of nitrogens with one attached hydrogen (secondary N) is 1. The normalized spacial score (nSPS) is 11.0. The molecule has 0 saturated heterocycles. The van der Waals surface area contributed by atoms with Gasteiger partial charge in [-0.3, -0.25) is 5.43 Å². The molecule has 24 heavy (non-hydrogen) atoms. The molecule has 3 nitrogen and oxygen atoms in total. The van der Waals surface area contributed by atoms with Gasteiger partial charge in [0.25, 0.3) is 0 Å². The van der Waals surface area contributed by atoms with Gasteiger partial charge in [-0.1, -0.05) is 43.9 Å².